The van der Waals surface area contributed by atoms with E-state index in [1.165, 1.54) is 4.46 Å². The van der Waals surface area contributed by atoms with Crippen molar-refractivity contribution in [1.82, 2.24) is 0 Å². The van der Waals surface area contributed by atoms with E-state index in [0.29, 0.717) is 27.5 Å². The molecule has 0 amide bonds. The third-order valence-corrected chi connectivity index (χ3v) is 6.45. The zero-order chi connectivity index (χ0) is 14.7. The molecule has 0 N–H and O–H groups in total. The summed E-state index contributed by atoms with van der Waals surface area (Å²) in [4.78, 5) is 11.8. The fraction of sp³-hybridized carbons (Fsp3) is 0.471. The molecule has 2 aliphatic rings. The molecule has 0 saturated carbocycles. The Bertz CT molecular complexity index is 514. The van der Waals surface area contributed by atoms with Crippen LogP contribution in [0.3, 0.4) is 0 Å². The Labute approximate surface area is 131 Å². The molecule has 0 unspecified atom stereocenters. The number of ether oxygens (including phenoxy) is 2. The molecule has 0 aliphatic carbocycles. The Morgan fingerprint density at radius 1 is 1.33 bits per heavy atom. The first-order valence-electron chi connectivity index (χ1n) is 7.40. The number of rotatable bonds is 4. The Hall–Kier alpha value is -1.09. The zero-order valence-electron chi connectivity index (χ0n) is 12.1. The van der Waals surface area contributed by atoms with Crippen molar-refractivity contribution < 1.29 is 14.3 Å². The number of benzene rings is 1. The molecule has 21 heavy (non-hydrogen) atoms. The maximum atomic E-state index is 11.8. The second-order valence-electron chi connectivity index (χ2n) is 5.52. The van der Waals surface area contributed by atoms with Gasteiger partial charge in [0.25, 0.3) is 0 Å². The molecule has 1 aromatic rings. The number of carbonyl (C=O) groups excluding carboxylic acids is 1. The molecule has 0 bridgehead atoms. The molecule has 2 saturated heterocycles. The summed E-state index contributed by atoms with van der Waals surface area (Å²) in [7, 11) is 0. The maximum absolute atomic E-state index is 11.8. The summed E-state index contributed by atoms with van der Waals surface area (Å²) in [6.07, 6.45) is 5.05. The van der Waals surface area contributed by atoms with Crippen LogP contribution in [-0.4, -0.2) is 39.7 Å². The number of fused-ring (bicyclic) bond motifs is 1. The molecular formula is C17H20O3Se. The van der Waals surface area contributed by atoms with Gasteiger partial charge in [-0.05, 0) is 0 Å². The van der Waals surface area contributed by atoms with E-state index in [2.05, 4.69) is 24.3 Å². The van der Waals surface area contributed by atoms with Crippen LogP contribution < -0.4 is 4.46 Å². The second-order valence-corrected chi connectivity index (χ2v) is 7.82. The van der Waals surface area contributed by atoms with Crippen LogP contribution in [0.4, 0.5) is 0 Å². The minimum atomic E-state index is -0.111. The van der Waals surface area contributed by atoms with Crippen molar-refractivity contribution in [2.75, 3.05) is 6.61 Å². The van der Waals surface area contributed by atoms with Crippen molar-refractivity contribution in [3.8, 4) is 0 Å². The van der Waals surface area contributed by atoms with Gasteiger partial charge in [0, 0.05) is 0 Å². The number of carbonyl (C=O) groups is 1. The fourth-order valence-electron chi connectivity index (χ4n) is 3.07. The van der Waals surface area contributed by atoms with E-state index in [0.717, 1.165) is 11.7 Å². The third-order valence-electron chi connectivity index (χ3n) is 4.05. The Morgan fingerprint density at radius 3 is 2.90 bits per heavy atom. The number of hydrogen-bond acceptors (Lipinski definition) is 3. The molecule has 112 valence electrons. The van der Waals surface area contributed by atoms with Crippen LogP contribution in [-0.2, 0) is 14.3 Å². The Morgan fingerprint density at radius 2 is 2.14 bits per heavy atom. The average molecular weight is 351 g/mol. The number of esters is 1. The zero-order valence-corrected chi connectivity index (χ0v) is 13.8. The summed E-state index contributed by atoms with van der Waals surface area (Å²) in [5.41, 5.74) is 0. The van der Waals surface area contributed by atoms with Gasteiger partial charge in [-0.1, -0.05) is 0 Å². The summed E-state index contributed by atoms with van der Waals surface area (Å²) in [6.45, 7) is 2.53. The quantitative estimate of drug-likeness (QED) is 0.473. The number of cyclic esters (lactones) is 1. The second kappa shape index (κ2) is 6.78. The molecule has 2 heterocycles. The van der Waals surface area contributed by atoms with Crippen LogP contribution in [0.5, 0.6) is 0 Å². The van der Waals surface area contributed by atoms with Gasteiger partial charge in [0.15, 0.2) is 0 Å². The van der Waals surface area contributed by atoms with E-state index in [-0.39, 0.29) is 24.1 Å². The fourth-order valence-corrected chi connectivity index (χ4v) is 5.04. The van der Waals surface area contributed by atoms with E-state index < -0.39 is 0 Å². The van der Waals surface area contributed by atoms with Crippen LogP contribution >= 0.6 is 0 Å². The van der Waals surface area contributed by atoms with Gasteiger partial charge in [0.05, 0.1) is 0 Å². The molecule has 1 aromatic carbocycles. The normalized spacial score (nSPS) is 32.1. The standard InChI is InChI=1S/C17H20O3Se/c1-2-6-15-16-12(10-19-17(16)18)9-13(20-15)11-21-14-7-4-3-5-8-14/h2-8,12-13,15-16H,9-11H2,1H3/b6-2+/t12-,13-,15+,16-/m0/s1. The van der Waals surface area contributed by atoms with E-state index >= 15 is 0 Å². The van der Waals surface area contributed by atoms with Crippen molar-refractivity contribution in [2.45, 2.75) is 30.9 Å². The van der Waals surface area contributed by atoms with E-state index in [1.807, 2.05) is 25.1 Å². The van der Waals surface area contributed by atoms with E-state index in [4.69, 9.17) is 9.47 Å². The molecule has 0 radical (unpaired) electrons. The first-order valence-corrected chi connectivity index (χ1v) is 9.47. The summed E-state index contributed by atoms with van der Waals surface area (Å²) < 4.78 is 12.8. The van der Waals surface area contributed by atoms with Gasteiger partial charge in [0.2, 0.25) is 0 Å². The van der Waals surface area contributed by atoms with Crippen LogP contribution in [0.25, 0.3) is 0 Å². The third kappa shape index (κ3) is 3.39. The predicted octanol–water partition coefficient (Wildman–Crippen LogP) is 1.96. The molecule has 0 aromatic heterocycles. The van der Waals surface area contributed by atoms with Crippen molar-refractivity contribution >= 4 is 25.4 Å². The van der Waals surface area contributed by atoms with Gasteiger partial charge in [0.1, 0.15) is 0 Å². The average Bonchev–Trinajstić information content (AvgIpc) is 2.88. The SMILES string of the molecule is C/C=C/[C@H]1O[C@H](C[Se]c2ccccc2)C[C@H]2COC(=O)[C@@H]21. The van der Waals surface area contributed by atoms with Crippen molar-refractivity contribution in [3.63, 3.8) is 0 Å². The first-order chi connectivity index (χ1) is 10.3. The van der Waals surface area contributed by atoms with Crippen LogP contribution in [0, 0.1) is 11.8 Å². The van der Waals surface area contributed by atoms with Crippen LogP contribution in [0.2, 0.25) is 5.32 Å². The van der Waals surface area contributed by atoms with Gasteiger partial charge in [-0.3, -0.25) is 0 Å². The molecule has 2 fully saturated rings. The van der Waals surface area contributed by atoms with E-state index in [1.54, 1.807) is 0 Å². The van der Waals surface area contributed by atoms with Gasteiger partial charge in [-0.25, -0.2) is 0 Å². The molecule has 0 spiro atoms. The van der Waals surface area contributed by atoms with Crippen molar-refractivity contribution in [2.24, 2.45) is 11.8 Å². The summed E-state index contributed by atoms with van der Waals surface area (Å²) >= 11 is 0.419. The number of hydrogen-bond donors (Lipinski definition) is 0. The summed E-state index contributed by atoms with van der Waals surface area (Å²) in [6, 6.07) is 10.6. The van der Waals surface area contributed by atoms with Gasteiger partial charge in [-0.2, -0.15) is 0 Å². The van der Waals surface area contributed by atoms with Crippen molar-refractivity contribution in [1.29, 1.82) is 0 Å². The summed E-state index contributed by atoms with van der Waals surface area (Å²) in [5.74, 6) is 0.140. The monoisotopic (exact) mass is 352 g/mol. The number of allylic oxidation sites excluding steroid dienone is 1. The van der Waals surface area contributed by atoms with Crippen LogP contribution in [0.15, 0.2) is 42.5 Å². The predicted molar refractivity (Wildman–Crippen MR) is 82.7 cm³/mol. The van der Waals surface area contributed by atoms with E-state index in [9.17, 15) is 4.79 Å². The molecular weight excluding hydrogens is 331 g/mol. The van der Waals surface area contributed by atoms with Gasteiger partial charge in [-0.15, -0.1) is 0 Å². The van der Waals surface area contributed by atoms with Gasteiger partial charge < -0.3 is 0 Å². The molecule has 4 atom stereocenters. The first kappa shape index (κ1) is 14.8. The van der Waals surface area contributed by atoms with Gasteiger partial charge >= 0.3 is 131 Å². The molecule has 3 nitrogen and oxygen atoms in total. The molecule has 3 rings (SSSR count). The Balaban J connectivity index is 1.63. The topological polar surface area (TPSA) is 35.5 Å². The summed E-state index contributed by atoms with van der Waals surface area (Å²) in [5, 5.41) is 1.06. The molecule has 2 aliphatic heterocycles. The Kier molecular flexibility index (Phi) is 4.79. The van der Waals surface area contributed by atoms with Crippen molar-refractivity contribution in [3.05, 3.63) is 42.5 Å². The molecule has 4 heteroatoms. The minimum absolute atomic E-state index is 0.0879. The van der Waals surface area contributed by atoms with Crippen LogP contribution in [0.1, 0.15) is 13.3 Å².